The zero-order valence-corrected chi connectivity index (χ0v) is 11.4. The van der Waals surface area contributed by atoms with Gasteiger partial charge in [-0.25, -0.2) is 0 Å². The van der Waals surface area contributed by atoms with E-state index in [1.807, 2.05) is 30.8 Å². The van der Waals surface area contributed by atoms with Gasteiger partial charge in [0.25, 0.3) is 0 Å². The molecule has 90 valence electrons. The summed E-state index contributed by atoms with van der Waals surface area (Å²) < 4.78 is 1.08. The maximum absolute atomic E-state index is 5.78. The second-order valence-electron chi connectivity index (χ2n) is 4.33. The molecule has 6 heteroatoms. The standard InChI is InChI=1S/C10H18N4S2/c1-14(2)9-12-13-10(16-9)15-8-5-3-4-7(8)6-11/h7-8H,3-6,11H2,1-2H3. The van der Waals surface area contributed by atoms with Gasteiger partial charge in [0.1, 0.15) is 0 Å². The number of anilines is 1. The molecule has 0 saturated heterocycles. The van der Waals surface area contributed by atoms with Crippen molar-refractivity contribution < 1.29 is 0 Å². The molecule has 0 bridgehead atoms. The second kappa shape index (κ2) is 5.33. The highest BCUT2D eigenvalue weighted by Crippen LogP contribution is 2.40. The third-order valence-electron chi connectivity index (χ3n) is 2.92. The van der Waals surface area contributed by atoms with Gasteiger partial charge in [-0.2, -0.15) is 0 Å². The van der Waals surface area contributed by atoms with Gasteiger partial charge in [0.05, 0.1) is 0 Å². The first-order valence-electron chi connectivity index (χ1n) is 5.58. The summed E-state index contributed by atoms with van der Waals surface area (Å²) in [6, 6.07) is 0. The smallest absolute Gasteiger partial charge is 0.208 e. The van der Waals surface area contributed by atoms with Crippen molar-refractivity contribution in [3.63, 3.8) is 0 Å². The molecule has 2 rings (SSSR count). The zero-order chi connectivity index (χ0) is 11.5. The number of thioether (sulfide) groups is 1. The fourth-order valence-electron chi connectivity index (χ4n) is 1.99. The monoisotopic (exact) mass is 258 g/mol. The van der Waals surface area contributed by atoms with E-state index in [0.717, 1.165) is 16.0 Å². The molecule has 2 unspecified atom stereocenters. The van der Waals surface area contributed by atoms with Crippen LogP contribution >= 0.6 is 23.1 Å². The highest BCUT2D eigenvalue weighted by Gasteiger charge is 2.28. The van der Waals surface area contributed by atoms with Crippen molar-refractivity contribution in [2.45, 2.75) is 28.9 Å². The Morgan fingerprint density at radius 2 is 2.25 bits per heavy atom. The van der Waals surface area contributed by atoms with Gasteiger partial charge >= 0.3 is 0 Å². The van der Waals surface area contributed by atoms with Crippen LogP contribution in [0.2, 0.25) is 0 Å². The highest BCUT2D eigenvalue weighted by atomic mass is 32.2. The van der Waals surface area contributed by atoms with E-state index in [1.165, 1.54) is 19.3 Å². The topological polar surface area (TPSA) is 55.0 Å². The van der Waals surface area contributed by atoms with Gasteiger partial charge in [0.2, 0.25) is 5.13 Å². The molecule has 2 N–H and O–H groups in total. The van der Waals surface area contributed by atoms with E-state index in [2.05, 4.69) is 10.2 Å². The minimum atomic E-state index is 0.646. The number of rotatable bonds is 4. The second-order valence-corrected chi connectivity index (χ2v) is 6.77. The fraction of sp³-hybridized carbons (Fsp3) is 0.800. The van der Waals surface area contributed by atoms with E-state index < -0.39 is 0 Å². The molecule has 1 heterocycles. The van der Waals surface area contributed by atoms with E-state index in [0.29, 0.717) is 11.2 Å². The number of nitrogens with zero attached hydrogens (tertiary/aromatic N) is 3. The molecule has 1 aromatic rings. The third kappa shape index (κ3) is 2.67. The van der Waals surface area contributed by atoms with Crippen LogP contribution in [0.15, 0.2) is 4.34 Å². The molecule has 16 heavy (non-hydrogen) atoms. The third-order valence-corrected chi connectivity index (χ3v) is 5.55. The first-order valence-corrected chi connectivity index (χ1v) is 7.28. The molecule has 0 aliphatic heterocycles. The average Bonchev–Trinajstić information content (AvgIpc) is 2.87. The summed E-state index contributed by atoms with van der Waals surface area (Å²) in [5.74, 6) is 0.664. The van der Waals surface area contributed by atoms with Gasteiger partial charge in [-0.15, -0.1) is 10.2 Å². The summed E-state index contributed by atoms with van der Waals surface area (Å²) in [5, 5.41) is 9.99. The number of hydrogen-bond acceptors (Lipinski definition) is 6. The van der Waals surface area contributed by atoms with E-state index in [9.17, 15) is 0 Å². The lowest BCUT2D eigenvalue weighted by molar-refractivity contribution is 0.573. The van der Waals surface area contributed by atoms with Gasteiger partial charge in [-0.05, 0) is 25.3 Å². The van der Waals surface area contributed by atoms with Crippen molar-refractivity contribution in [3.05, 3.63) is 0 Å². The van der Waals surface area contributed by atoms with Crippen LogP contribution in [-0.4, -0.2) is 36.1 Å². The van der Waals surface area contributed by atoms with Crippen LogP contribution in [0.1, 0.15) is 19.3 Å². The van der Waals surface area contributed by atoms with Gasteiger partial charge in [0, 0.05) is 19.3 Å². The van der Waals surface area contributed by atoms with Crippen molar-refractivity contribution in [2.75, 3.05) is 25.5 Å². The van der Waals surface area contributed by atoms with Crippen molar-refractivity contribution >= 4 is 28.2 Å². The van der Waals surface area contributed by atoms with E-state index in [1.54, 1.807) is 11.3 Å². The van der Waals surface area contributed by atoms with Crippen molar-refractivity contribution in [1.82, 2.24) is 10.2 Å². The molecule has 0 spiro atoms. The molecule has 2 atom stereocenters. The lowest BCUT2D eigenvalue weighted by Gasteiger charge is -2.14. The quantitative estimate of drug-likeness (QED) is 0.893. The zero-order valence-electron chi connectivity index (χ0n) is 9.72. The summed E-state index contributed by atoms with van der Waals surface area (Å²) in [6.07, 6.45) is 3.84. The summed E-state index contributed by atoms with van der Waals surface area (Å²) in [6.45, 7) is 0.803. The number of nitrogens with two attached hydrogens (primary N) is 1. The molecule has 0 aromatic carbocycles. The lowest BCUT2D eigenvalue weighted by Crippen LogP contribution is -2.20. The van der Waals surface area contributed by atoms with Crippen molar-refractivity contribution in [3.8, 4) is 0 Å². The Morgan fingerprint density at radius 3 is 2.88 bits per heavy atom. The molecule has 1 fully saturated rings. The Morgan fingerprint density at radius 1 is 1.44 bits per heavy atom. The lowest BCUT2D eigenvalue weighted by atomic mass is 10.1. The largest absolute Gasteiger partial charge is 0.353 e. The fourth-order valence-corrected chi connectivity index (χ4v) is 4.35. The van der Waals surface area contributed by atoms with Crippen LogP contribution in [-0.2, 0) is 0 Å². The summed E-state index contributed by atoms with van der Waals surface area (Å²) in [5.41, 5.74) is 5.78. The first-order chi connectivity index (χ1) is 7.70. The first kappa shape index (κ1) is 12.1. The molecule has 1 saturated carbocycles. The summed E-state index contributed by atoms with van der Waals surface area (Å²) >= 11 is 3.53. The Labute approximate surface area is 105 Å². The Kier molecular flexibility index (Phi) is 4.05. The van der Waals surface area contributed by atoms with E-state index in [-0.39, 0.29) is 0 Å². The van der Waals surface area contributed by atoms with E-state index >= 15 is 0 Å². The average molecular weight is 258 g/mol. The molecule has 4 nitrogen and oxygen atoms in total. The predicted molar refractivity (Wildman–Crippen MR) is 70.3 cm³/mol. The van der Waals surface area contributed by atoms with Crippen LogP contribution in [0.4, 0.5) is 5.13 Å². The molecule has 0 amide bonds. The number of aromatic nitrogens is 2. The summed E-state index contributed by atoms with van der Waals surface area (Å²) in [7, 11) is 3.99. The van der Waals surface area contributed by atoms with Crippen LogP contribution < -0.4 is 10.6 Å². The molecule has 1 aliphatic rings. The highest BCUT2D eigenvalue weighted by molar-refractivity contribution is 8.01. The van der Waals surface area contributed by atoms with Gasteiger partial charge < -0.3 is 10.6 Å². The van der Waals surface area contributed by atoms with Gasteiger partial charge in [-0.3, -0.25) is 0 Å². The van der Waals surface area contributed by atoms with Crippen LogP contribution in [0.5, 0.6) is 0 Å². The van der Waals surface area contributed by atoms with Gasteiger partial charge in [0.15, 0.2) is 4.34 Å². The molecular weight excluding hydrogens is 240 g/mol. The molecule has 1 aromatic heterocycles. The molecule has 0 radical (unpaired) electrons. The number of hydrogen-bond donors (Lipinski definition) is 1. The Balaban J connectivity index is 1.97. The Bertz CT molecular complexity index is 339. The van der Waals surface area contributed by atoms with Crippen LogP contribution in [0.25, 0.3) is 0 Å². The predicted octanol–water partition coefficient (Wildman–Crippen LogP) is 1.82. The van der Waals surface area contributed by atoms with Crippen molar-refractivity contribution in [1.29, 1.82) is 0 Å². The van der Waals surface area contributed by atoms with Gasteiger partial charge in [-0.1, -0.05) is 29.5 Å². The van der Waals surface area contributed by atoms with Crippen molar-refractivity contribution in [2.24, 2.45) is 11.7 Å². The van der Waals surface area contributed by atoms with Crippen LogP contribution in [0, 0.1) is 5.92 Å². The SMILES string of the molecule is CN(C)c1nnc(SC2CCCC2CN)s1. The molecule has 1 aliphatic carbocycles. The summed E-state index contributed by atoms with van der Waals surface area (Å²) in [4.78, 5) is 2.00. The maximum Gasteiger partial charge on any atom is 0.208 e. The minimum absolute atomic E-state index is 0.646. The minimum Gasteiger partial charge on any atom is -0.353 e. The normalized spacial score (nSPS) is 24.9. The maximum atomic E-state index is 5.78. The molecular formula is C10H18N4S2. The van der Waals surface area contributed by atoms with E-state index in [4.69, 9.17) is 5.73 Å². The Hall–Kier alpha value is -0.330. The van der Waals surface area contributed by atoms with Crippen LogP contribution in [0.3, 0.4) is 0 Å².